The van der Waals surface area contributed by atoms with Crippen molar-refractivity contribution in [2.24, 2.45) is 5.73 Å². The molecule has 0 fully saturated rings. The highest BCUT2D eigenvalue weighted by Gasteiger charge is 1.92. The number of hydrogen-bond donors (Lipinski definition) is 1. The zero-order valence-electron chi connectivity index (χ0n) is 8.61. The van der Waals surface area contributed by atoms with Crippen molar-refractivity contribution in [2.45, 2.75) is 30.6 Å². The maximum absolute atomic E-state index is 5.43. The molecule has 0 unspecified atom stereocenters. The molecule has 78 valence electrons. The van der Waals surface area contributed by atoms with Crippen LogP contribution < -0.4 is 5.73 Å². The molecule has 0 spiro atoms. The van der Waals surface area contributed by atoms with E-state index in [2.05, 4.69) is 30.3 Å². The van der Waals surface area contributed by atoms with Crippen LogP contribution in [0.3, 0.4) is 0 Å². The van der Waals surface area contributed by atoms with Crippen LogP contribution in [-0.2, 0) is 0 Å². The van der Waals surface area contributed by atoms with Gasteiger partial charge in [0.25, 0.3) is 0 Å². The molecule has 0 bridgehead atoms. The van der Waals surface area contributed by atoms with Gasteiger partial charge in [0.05, 0.1) is 0 Å². The van der Waals surface area contributed by atoms with Gasteiger partial charge in [0.15, 0.2) is 0 Å². The molecule has 1 aromatic carbocycles. The van der Waals surface area contributed by atoms with Gasteiger partial charge < -0.3 is 5.73 Å². The van der Waals surface area contributed by atoms with Gasteiger partial charge in [-0.05, 0) is 37.3 Å². The van der Waals surface area contributed by atoms with E-state index in [0.29, 0.717) is 0 Å². The second-order valence-electron chi connectivity index (χ2n) is 3.36. The molecule has 0 atom stereocenters. The van der Waals surface area contributed by atoms with E-state index in [0.717, 1.165) is 6.54 Å². The topological polar surface area (TPSA) is 26.0 Å². The van der Waals surface area contributed by atoms with Gasteiger partial charge in [-0.1, -0.05) is 31.0 Å². The van der Waals surface area contributed by atoms with Gasteiger partial charge in [-0.25, -0.2) is 0 Å². The van der Waals surface area contributed by atoms with Gasteiger partial charge in [0.1, 0.15) is 0 Å². The molecular formula is C12H19NS. The van der Waals surface area contributed by atoms with E-state index in [1.54, 1.807) is 0 Å². The first-order valence-electron chi connectivity index (χ1n) is 5.31. The lowest BCUT2D eigenvalue weighted by Crippen LogP contribution is -1.97. The summed E-state index contributed by atoms with van der Waals surface area (Å²) in [6, 6.07) is 10.6. The molecule has 1 nitrogen and oxygen atoms in total. The molecule has 0 saturated carbocycles. The Morgan fingerprint density at radius 2 is 1.64 bits per heavy atom. The highest BCUT2D eigenvalue weighted by molar-refractivity contribution is 7.99. The van der Waals surface area contributed by atoms with Crippen molar-refractivity contribution in [1.29, 1.82) is 0 Å². The first-order valence-corrected chi connectivity index (χ1v) is 6.30. The summed E-state index contributed by atoms with van der Waals surface area (Å²) in [6.45, 7) is 0.839. The van der Waals surface area contributed by atoms with Crippen molar-refractivity contribution in [3.05, 3.63) is 30.3 Å². The molecule has 0 aliphatic heterocycles. The minimum atomic E-state index is 0.839. The zero-order chi connectivity index (χ0) is 10.1. The Morgan fingerprint density at radius 3 is 2.36 bits per heavy atom. The van der Waals surface area contributed by atoms with Gasteiger partial charge in [-0.15, -0.1) is 11.8 Å². The van der Waals surface area contributed by atoms with Crippen molar-refractivity contribution >= 4 is 11.8 Å². The third-order valence-electron chi connectivity index (χ3n) is 2.11. The largest absolute Gasteiger partial charge is 0.330 e. The Hall–Kier alpha value is -0.470. The number of hydrogen-bond acceptors (Lipinski definition) is 2. The van der Waals surface area contributed by atoms with Gasteiger partial charge in [-0.2, -0.15) is 0 Å². The Morgan fingerprint density at radius 1 is 0.929 bits per heavy atom. The van der Waals surface area contributed by atoms with E-state index in [9.17, 15) is 0 Å². The van der Waals surface area contributed by atoms with Crippen LogP contribution in [0.25, 0.3) is 0 Å². The molecule has 2 heteroatoms. The summed E-state index contributed by atoms with van der Waals surface area (Å²) in [5.74, 6) is 1.23. The SMILES string of the molecule is NCCCCCCSc1ccccc1. The van der Waals surface area contributed by atoms with Crippen molar-refractivity contribution in [3.8, 4) is 0 Å². The number of benzene rings is 1. The monoisotopic (exact) mass is 209 g/mol. The Bertz CT molecular complexity index is 223. The molecule has 1 aromatic rings. The van der Waals surface area contributed by atoms with E-state index in [1.807, 2.05) is 11.8 Å². The standard InChI is InChI=1S/C12H19NS/c13-10-6-1-2-7-11-14-12-8-4-3-5-9-12/h3-5,8-9H,1-2,6-7,10-11,13H2. The predicted octanol–water partition coefficient (Wildman–Crippen LogP) is 3.30. The maximum atomic E-state index is 5.43. The molecule has 0 radical (unpaired) electrons. The third kappa shape index (κ3) is 5.30. The molecular weight excluding hydrogens is 190 g/mol. The quantitative estimate of drug-likeness (QED) is 0.551. The fraction of sp³-hybridized carbons (Fsp3) is 0.500. The van der Waals surface area contributed by atoms with Crippen LogP contribution in [-0.4, -0.2) is 12.3 Å². The minimum absolute atomic E-state index is 0.839. The van der Waals surface area contributed by atoms with Gasteiger partial charge in [-0.3, -0.25) is 0 Å². The summed E-state index contributed by atoms with van der Waals surface area (Å²) in [6.07, 6.45) is 5.08. The summed E-state index contributed by atoms with van der Waals surface area (Å²) in [4.78, 5) is 1.38. The molecule has 0 amide bonds. The molecule has 0 aromatic heterocycles. The number of unbranched alkanes of at least 4 members (excludes halogenated alkanes) is 3. The smallest absolute Gasteiger partial charge is 0.00719 e. The summed E-state index contributed by atoms with van der Waals surface area (Å²) >= 11 is 1.95. The number of thioether (sulfide) groups is 1. The Labute approximate surface area is 91.1 Å². The van der Waals surface area contributed by atoms with E-state index in [4.69, 9.17) is 5.73 Å². The second-order valence-corrected chi connectivity index (χ2v) is 4.53. The van der Waals surface area contributed by atoms with Crippen LogP contribution >= 0.6 is 11.8 Å². The van der Waals surface area contributed by atoms with Crippen LogP contribution in [0.15, 0.2) is 35.2 Å². The minimum Gasteiger partial charge on any atom is -0.330 e. The van der Waals surface area contributed by atoms with E-state index in [1.165, 1.54) is 36.3 Å². The lowest BCUT2D eigenvalue weighted by molar-refractivity contribution is 0.678. The fourth-order valence-electron chi connectivity index (χ4n) is 1.31. The highest BCUT2D eigenvalue weighted by Crippen LogP contribution is 2.18. The van der Waals surface area contributed by atoms with Crippen molar-refractivity contribution in [3.63, 3.8) is 0 Å². The van der Waals surface area contributed by atoms with Crippen molar-refractivity contribution < 1.29 is 0 Å². The summed E-state index contributed by atoms with van der Waals surface area (Å²) in [7, 11) is 0. The molecule has 14 heavy (non-hydrogen) atoms. The molecule has 2 N–H and O–H groups in total. The van der Waals surface area contributed by atoms with Crippen molar-refractivity contribution in [2.75, 3.05) is 12.3 Å². The molecule has 0 aliphatic carbocycles. The highest BCUT2D eigenvalue weighted by atomic mass is 32.2. The normalized spacial score (nSPS) is 10.4. The average Bonchev–Trinajstić information content (AvgIpc) is 2.25. The van der Waals surface area contributed by atoms with E-state index in [-0.39, 0.29) is 0 Å². The molecule has 0 saturated heterocycles. The van der Waals surface area contributed by atoms with E-state index < -0.39 is 0 Å². The van der Waals surface area contributed by atoms with Crippen LogP contribution in [0.5, 0.6) is 0 Å². The first kappa shape index (κ1) is 11.6. The second kappa shape index (κ2) is 7.89. The summed E-state index contributed by atoms with van der Waals surface area (Å²) < 4.78 is 0. The average molecular weight is 209 g/mol. The van der Waals surface area contributed by atoms with Crippen LogP contribution in [0.2, 0.25) is 0 Å². The maximum Gasteiger partial charge on any atom is 0.00719 e. The van der Waals surface area contributed by atoms with Gasteiger partial charge in [0.2, 0.25) is 0 Å². The summed E-state index contributed by atoms with van der Waals surface area (Å²) in [5.41, 5.74) is 5.43. The number of nitrogens with two attached hydrogens (primary N) is 1. The Balaban J connectivity index is 1.99. The van der Waals surface area contributed by atoms with Crippen LogP contribution in [0.4, 0.5) is 0 Å². The zero-order valence-corrected chi connectivity index (χ0v) is 9.43. The van der Waals surface area contributed by atoms with Crippen LogP contribution in [0.1, 0.15) is 25.7 Å². The van der Waals surface area contributed by atoms with Crippen LogP contribution in [0, 0.1) is 0 Å². The Kier molecular flexibility index (Phi) is 6.54. The van der Waals surface area contributed by atoms with Gasteiger partial charge >= 0.3 is 0 Å². The number of rotatable bonds is 7. The lowest BCUT2D eigenvalue weighted by atomic mass is 10.2. The third-order valence-corrected chi connectivity index (χ3v) is 3.21. The van der Waals surface area contributed by atoms with Gasteiger partial charge in [0, 0.05) is 4.90 Å². The predicted molar refractivity (Wildman–Crippen MR) is 64.7 cm³/mol. The molecule has 0 aliphatic rings. The molecule has 1 rings (SSSR count). The molecule has 0 heterocycles. The van der Waals surface area contributed by atoms with Crippen molar-refractivity contribution in [1.82, 2.24) is 0 Å². The fourth-order valence-corrected chi connectivity index (χ4v) is 2.24. The summed E-state index contributed by atoms with van der Waals surface area (Å²) in [5, 5.41) is 0. The van der Waals surface area contributed by atoms with E-state index >= 15 is 0 Å². The first-order chi connectivity index (χ1) is 6.93. The lowest BCUT2D eigenvalue weighted by Gasteiger charge is -2.01.